The van der Waals surface area contributed by atoms with Crippen molar-refractivity contribution in [2.45, 2.75) is 25.1 Å². The molecule has 16 heavy (non-hydrogen) atoms. The van der Waals surface area contributed by atoms with Gasteiger partial charge in [0.1, 0.15) is 0 Å². The van der Waals surface area contributed by atoms with Crippen molar-refractivity contribution in [1.82, 2.24) is 5.32 Å². The molecule has 1 N–H and O–H groups in total. The minimum absolute atomic E-state index is 0.0308. The second-order valence-electron chi connectivity index (χ2n) is 4.19. The molecule has 0 saturated carbocycles. The molecular weight excluding hydrogens is 215 g/mol. The molecular formula is C12H14F3N. The molecule has 2 rings (SSSR count). The van der Waals surface area contributed by atoms with Crippen LogP contribution in [0.25, 0.3) is 0 Å². The Bertz CT molecular complexity index is 326. The van der Waals surface area contributed by atoms with E-state index in [9.17, 15) is 13.2 Å². The summed E-state index contributed by atoms with van der Waals surface area (Å²) in [7, 11) is 0. The quantitative estimate of drug-likeness (QED) is 0.779. The Kier molecular flexibility index (Phi) is 3.19. The van der Waals surface area contributed by atoms with E-state index in [1.807, 2.05) is 30.3 Å². The van der Waals surface area contributed by atoms with Crippen molar-refractivity contribution in [3.8, 4) is 0 Å². The summed E-state index contributed by atoms with van der Waals surface area (Å²) in [5.41, 5.74) is 1.07. The summed E-state index contributed by atoms with van der Waals surface area (Å²) in [6, 6.07) is 9.70. The Labute approximate surface area is 92.7 Å². The first kappa shape index (κ1) is 11.5. The molecule has 1 aromatic carbocycles. The van der Waals surface area contributed by atoms with Crippen LogP contribution in [0, 0.1) is 5.92 Å². The maximum Gasteiger partial charge on any atom is 0.393 e. The number of alkyl halides is 3. The minimum Gasteiger partial charge on any atom is -0.309 e. The number of nitrogens with one attached hydrogen (secondary N) is 1. The Balaban J connectivity index is 1.96. The zero-order valence-corrected chi connectivity index (χ0v) is 8.80. The van der Waals surface area contributed by atoms with Gasteiger partial charge in [-0.15, -0.1) is 0 Å². The monoisotopic (exact) mass is 229 g/mol. The SMILES string of the molecule is FC(F)(F)[C@@H]1CC[C@@H](c2ccccc2)NC1. The first-order valence-corrected chi connectivity index (χ1v) is 5.42. The van der Waals surface area contributed by atoms with Gasteiger partial charge in [0, 0.05) is 12.6 Å². The van der Waals surface area contributed by atoms with Crippen molar-refractivity contribution in [2.24, 2.45) is 5.92 Å². The molecule has 0 aliphatic carbocycles. The van der Waals surface area contributed by atoms with Crippen LogP contribution in [0.2, 0.25) is 0 Å². The second-order valence-corrected chi connectivity index (χ2v) is 4.19. The van der Waals surface area contributed by atoms with E-state index in [0.29, 0.717) is 6.42 Å². The third kappa shape index (κ3) is 2.55. The standard InChI is InChI=1S/C12H14F3N/c13-12(14,15)10-6-7-11(16-8-10)9-4-2-1-3-5-9/h1-5,10-11,16H,6-8H2/t10-,11+/m1/s1. The zero-order chi connectivity index (χ0) is 11.6. The molecule has 1 aliphatic rings. The van der Waals surface area contributed by atoms with Crippen LogP contribution in [0.15, 0.2) is 30.3 Å². The molecule has 0 amide bonds. The van der Waals surface area contributed by atoms with E-state index in [1.165, 1.54) is 0 Å². The van der Waals surface area contributed by atoms with Crippen molar-refractivity contribution in [3.05, 3.63) is 35.9 Å². The number of hydrogen-bond acceptors (Lipinski definition) is 1. The van der Waals surface area contributed by atoms with Gasteiger partial charge in [0.05, 0.1) is 5.92 Å². The molecule has 1 fully saturated rings. The average Bonchev–Trinajstić information content (AvgIpc) is 2.29. The van der Waals surface area contributed by atoms with Gasteiger partial charge >= 0.3 is 6.18 Å². The molecule has 4 heteroatoms. The normalized spacial score (nSPS) is 26.7. The molecule has 0 unspecified atom stereocenters. The van der Waals surface area contributed by atoms with Crippen molar-refractivity contribution in [1.29, 1.82) is 0 Å². The summed E-state index contributed by atoms with van der Waals surface area (Å²) in [6.45, 7) is 0.0308. The fraction of sp³-hybridized carbons (Fsp3) is 0.500. The smallest absolute Gasteiger partial charge is 0.309 e. The van der Waals surface area contributed by atoms with E-state index in [2.05, 4.69) is 5.32 Å². The van der Waals surface area contributed by atoms with Gasteiger partial charge in [-0.3, -0.25) is 0 Å². The van der Waals surface area contributed by atoms with Gasteiger partial charge in [0.2, 0.25) is 0 Å². The Morgan fingerprint density at radius 3 is 2.25 bits per heavy atom. The summed E-state index contributed by atoms with van der Waals surface area (Å²) in [4.78, 5) is 0. The number of piperidine rings is 1. The van der Waals surface area contributed by atoms with E-state index >= 15 is 0 Å². The highest BCUT2D eigenvalue weighted by Gasteiger charge is 2.41. The van der Waals surface area contributed by atoms with Gasteiger partial charge < -0.3 is 5.32 Å². The predicted molar refractivity (Wildman–Crippen MR) is 56.0 cm³/mol. The lowest BCUT2D eigenvalue weighted by molar-refractivity contribution is -0.179. The number of benzene rings is 1. The Morgan fingerprint density at radius 1 is 1.06 bits per heavy atom. The summed E-state index contributed by atoms with van der Waals surface area (Å²) >= 11 is 0. The number of halogens is 3. The summed E-state index contributed by atoms with van der Waals surface area (Å²) in [5, 5.41) is 2.97. The first-order valence-electron chi connectivity index (χ1n) is 5.42. The first-order chi connectivity index (χ1) is 7.57. The molecule has 88 valence electrons. The topological polar surface area (TPSA) is 12.0 Å². The average molecular weight is 229 g/mol. The summed E-state index contributed by atoms with van der Waals surface area (Å²) in [6.07, 6.45) is -3.29. The van der Waals surface area contributed by atoms with E-state index in [4.69, 9.17) is 0 Å². The van der Waals surface area contributed by atoms with Gasteiger partial charge in [0.15, 0.2) is 0 Å². The maximum atomic E-state index is 12.4. The summed E-state index contributed by atoms with van der Waals surface area (Å²) in [5.74, 6) is -1.19. The third-order valence-electron chi connectivity index (χ3n) is 3.08. The minimum atomic E-state index is -4.06. The fourth-order valence-corrected chi connectivity index (χ4v) is 2.11. The largest absolute Gasteiger partial charge is 0.393 e. The highest BCUT2D eigenvalue weighted by atomic mass is 19.4. The molecule has 0 spiro atoms. The summed E-state index contributed by atoms with van der Waals surface area (Å²) < 4.78 is 37.3. The molecule has 0 aromatic heterocycles. The Morgan fingerprint density at radius 2 is 1.75 bits per heavy atom. The van der Waals surface area contributed by atoms with Crippen molar-refractivity contribution >= 4 is 0 Å². The molecule has 1 aromatic rings. The van der Waals surface area contributed by atoms with Gasteiger partial charge in [-0.05, 0) is 18.4 Å². The van der Waals surface area contributed by atoms with Gasteiger partial charge in [-0.1, -0.05) is 30.3 Å². The van der Waals surface area contributed by atoms with Crippen molar-refractivity contribution in [2.75, 3.05) is 6.54 Å². The predicted octanol–water partition coefficient (Wildman–Crippen LogP) is 3.29. The Hall–Kier alpha value is -1.03. The highest BCUT2D eigenvalue weighted by Crippen LogP contribution is 2.35. The van der Waals surface area contributed by atoms with Crippen molar-refractivity contribution < 1.29 is 13.2 Å². The molecule has 1 nitrogen and oxygen atoms in total. The van der Waals surface area contributed by atoms with Crippen LogP contribution in [0.4, 0.5) is 13.2 Å². The second kappa shape index (κ2) is 4.45. The fourth-order valence-electron chi connectivity index (χ4n) is 2.11. The molecule has 2 atom stereocenters. The van der Waals surface area contributed by atoms with E-state index in [1.54, 1.807) is 0 Å². The van der Waals surface area contributed by atoms with Crippen LogP contribution in [0.3, 0.4) is 0 Å². The van der Waals surface area contributed by atoms with Crippen LogP contribution in [0.1, 0.15) is 24.4 Å². The lowest BCUT2D eigenvalue weighted by atomic mass is 9.91. The lowest BCUT2D eigenvalue weighted by Gasteiger charge is -2.31. The molecule has 1 heterocycles. The van der Waals surface area contributed by atoms with Gasteiger partial charge in [-0.25, -0.2) is 0 Å². The molecule has 1 aliphatic heterocycles. The van der Waals surface area contributed by atoms with Crippen LogP contribution < -0.4 is 5.32 Å². The number of rotatable bonds is 1. The van der Waals surface area contributed by atoms with Crippen LogP contribution in [0.5, 0.6) is 0 Å². The van der Waals surface area contributed by atoms with Gasteiger partial charge in [0.25, 0.3) is 0 Å². The lowest BCUT2D eigenvalue weighted by Crippen LogP contribution is -2.40. The van der Waals surface area contributed by atoms with E-state index in [0.717, 1.165) is 5.56 Å². The molecule has 0 bridgehead atoms. The third-order valence-corrected chi connectivity index (χ3v) is 3.08. The molecule has 0 radical (unpaired) electrons. The number of hydrogen-bond donors (Lipinski definition) is 1. The van der Waals surface area contributed by atoms with Crippen LogP contribution in [-0.4, -0.2) is 12.7 Å². The van der Waals surface area contributed by atoms with Crippen LogP contribution in [-0.2, 0) is 0 Å². The maximum absolute atomic E-state index is 12.4. The van der Waals surface area contributed by atoms with Gasteiger partial charge in [-0.2, -0.15) is 13.2 Å². The van der Waals surface area contributed by atoms with E-state index in [-0.39, 0.29) is 19.0 Å². The zero-order valence-electron chi connectivity index (χ0n) is 8.80. The van der Waals surface area contributed by atoms with Crippen LogP contribution >= 0.6 is 0 Å². The van der Waals surface area contributed by atoms with Crippen molar-refractivity contribution in [3.63, 3.8) is 0 Å². The highest BCUT2D eigenvalue weighted by molar-refractivity contribution is 5.19. The van der Waals surface area contributed by atoms with E-state index < -0.39 is 12.1 Å². The molecule has 1 saturated heterocycles.